The summed E-state index contributed by atoms with van der Waals surface area (Å²) < 4.78 is 3.12. The molecule has 41 heavy (non-hydrogen) atoms. The molecule has 1 heteroatoms. The lowest BCUT2D eigenvalue weighted by Gasteiger charge is -2.67. The van der Waals surface area contributed by atoms with Gasteiger partial charge in [0.25, 0.3) is 0 Å². The quantitative estimate of drug-likeness (QED) is 0.218. The van der Waals surface area contributed by atoms with Crippen LogP contribution in [0.15, 0.2) is 54.6 Å². The van der Waals surface area contributed by atoms with Crippen molar-refractivity contribution in [2.75, 3.05) is 0 Å². The zero-order chi connectivity index (χ0) is 26.7. The molecule has 0 aliphatic heterocycles. The molecule has 6 aliphatic carbocycles. The van der Waals surface area contributed by atoms with Crippen molar-refractivity contribution in [3.05, 3.63) is 60.2 Å². The Morgan fingerprint density at radius 1 is 0.439 bits per heavy atom. The van der Waals surface area contributed by atoms with Crippen LogP contribution in [0, 0.1) is 59.2 Å². The third-order valence-corrected chi connectivity index (χ3v) is 15.8. The number of benzene rings is 3. The first kappa shape index (κ1) is 24.6. The van der Waals surface area contributed by atoms with Gasteiger partial charge in [-0.05, 0) is 139 Å². The fourth-order valence-corrected chi connectivity index (χ4v) is 14.8. The minimum atomic E-state index is 0.765. The third kappa shape index (κ3) is 3.45. The molecule has 6 aliphatic rings. The maximum atomic E-state index is 2.55. The second kappa shape index (κ2) is 9.32. The Bertz CT molecular complexity index is 1630. The van der Waals surface area contributed by atoms with Crippen LogP contribution in [0.25, 0.3) is 30.9 Å². The third-order valence-electron chi connectivity index (χ3n) is 14.5. The number of thiophene rings is 1. The standard InChI is InChI=1S/C40H46S/c1-2-9-25-23(8-1)18-21-35-34-17-5-12-26(40(34)41-39(25)35)24-19-20-29-32-15-6-13-30-27-10-3-4-11-28(27)31-14-7-16-33(36(29)22-24)38(31)37(30)32/h1-2,5,8-9,12,17-18,21,24,27-33,36-38H,3-4,6-7,10-11,13-16,19-20,22H2. The van der Waals surface area contributed by atoms with Crippen LogP contribution in [0.3, 0.4) is 0 Å². The van der Waals surface area contributed by atoms with Crippen molar-refractivity contribution in [2.24, 2.45) is 59.2 Å². The van der Waals surface area contributed by atoms with E-state index < -0.39 is 0 Å². The lowest BCUT2D eigenvalue weighted by molar-refractivity contribution is -0.188. The fraction of sp³-hybridized carbons (Fsp3) is 0.600. The minimum Gasteiger partial charge on any atom is -0.134 e. The van der Waals surface area contributed by atoms with Gasteiger partial charge in [-0.3, -0.25) is 0 Å². The molecule has 6 saturated carbocycles. The molecular weight excluding hydrogens is 513 g/mol. The van der Waals surface area contributed by atoms with Gasteiger partial charge in [0, 0.05) is 20.2 Å². The molecule has 11 unspecified atom stereocenters. The zero-order valence-corrected chi connectivity index (χ0v) is 25.5. The average Bonchev–Trinajstić information content (AvgIpc) is 3.44. The van der Waals surface area contributed by atoms with Gasteiger partial charge in [-0.1, -0.05) is 80.3 Å². The SMILES string of the molecule is c1ccc2c(c1)ccc1c3cccc(C4CCC5C(C4)C4CCCC6C7CCCCC7C7CCCC5C7C64)c3sc21. The summed E-state index contributed by atoms with van der Waals surface area (Å²) in [6, 6.07) is 21.1. The molecule has 0 nitrogen and oxygen atoms in total. The molecule has 3 aromatic carbocycles. The Hall–Kier alpha value is -1.86. The van der Waals surface area contributed by atoms with Gasteiger partial charge in [-0.25, -0.2) is 0 Å². The van der Waals surface area contributed by atoms with E-state index in [2.05, 4.69) is 65.9 Å². The molecule has 1 heterocycles. The van der Waals surface area contributed by atoms with Crippen molar-refractivity contribution < 1.29 is 0 Å². The Morgan fingerprint density at radius 3 is 1.80 bits per heavy atom. The molecule has 4 aromatic rings. The van der Waals surface area contributed by atoms with Crippen LogP contribution in [0.4, 0.5) is 0 Å². The second-order valence-corrected chi connectivity index (χ2v) is 16.6. The van der Waals surface area contributed by atoms with Crippen LogP contribution in [-0.4, -0.2) is 0 Å². The summed E-state index contributed by atoms with van der Waals surface area (Å²) >= 11 is 2.10. The number of hydrogen-bond acceptors (Lipinski definition) is 1. The molecule has 0 N–H and O–H groups in total. The number of fused-ring (bicyclic) bond motifs is 11. The van der Waals surface area contributed by atoms with Gasteiger partial charge < -0.3 is 0 Å². The maximum Gasteiger partial charge on any atom is 0.0433 e. The van der Waals surface area contributed by atoms with E-state index in [1.807, 2.05) is 0 Å². The summed E-state index contributed by atoms with van der Waals surface area (Å²) in [5.74, 6) is 11.6. The average molecular weight is 559 g/mol. The van der Waals surface area contributed by atoms with Crippen molar-refractivity contribution in [3.63, 3.8) is 0 Å². The molecular formula is C40H46S. The highest BCUT2D eigenvalue weighted by Gasteiger charge is 2.62. The van der Waals surface area contributed by atoms with E-state index in [4.69, 9.17) is 0 Å². The van der Waals surface area contributed by atoms with Gasteiger partial charge >= 0.3 is 0 Å². The minimum absolute atomic E-state index is 0.765. The summed E-state index contributed by atoms with van der Waals surface area (Å²) in [6.45, 7) is 0. The Morgan fingerprint density at radius 2 is 1.05 bits per heavy atom. The first-order valence-corrected chi connectivity index (χ1v) is 18.5. The van der Waals surface area contributed by atoms with E-state index in [0.717, 1.165) is 65.1 Å². The van der Waals surface area contributed by atoms with Crippen LogP contribution >= 0.6 is 11.3 Å². The van der Waals surface area contributed by atoms with Crippen molar-refractivity contribution in [1.29, 1.82) is 0 Å². The normalized spacial score (nSPS) is 41.6. The number of rotatable bonds is 1. The predicted molar refractivity (Wildman–Crippen MR) is 174 cm³/mol. The summed E-state index contributed by atoms with van der Waals surface area (Å²) in [6.07, 6.45) is 20.2. The van der Waals surface area contributed by atoms with Crippen LogP contribution < -0.4 is 0 Å². The van der Waals surface area contributed by atoms with Gasteiger partial charge in [0.1, 0.15) is 0 Å². The lowest BCUT2D eigenvalue weighted by atomic mass is 9.37. The van der Waals surface area contributed by atoms with Gasteiger partial charge in [0.2, 0.25) is 0 Å². The smallest absolute Gasteiger partial charge is 0.0433 e. The first-order chi connectivity index (χ1) is 20.3. The highest BCUT2D eigenvalue weighted by Crippen LogP contribution is 2.69. The van der Waals surface area contributed by atoms with Crippen molar-refractivity contribution in [3.8, 4) is 0 Å². The Kier molecular flexibility index (Phi) is 5.58. The monoisotopic (exact) mass is 558 g/mol. The molecule has 10 rings (SSSR count). The molecule has 6 fully saturated rings. The summed E-state index contributed by atoms with van der Waals surface area (Å²) in [7, 11) is 0. The molecule has 0 bridgehead atoms. The van der Waals surface area contributed by atoms with Crippen molar-refractivity contribution in [1.82, 2.24) is 0 Å². The van der Waals surface area contributed by atoms with E-state index in [9.17, 15) is 0 Å². The first-order valence-electron chi connectivity index (χ1n) is 17.7. The Labute approximate surface area is 250 Å². The summed E-state index contributed by atoms with van der Waals surface area (Å²) in [4.78, 5) is 0. The van der Waals surface area contributed by atoms with E-state index in [0.29, 0.717) is 0 Å². The molecule has 1 aromatic heterocycles. The molecule has 0 radical (unpaired) electrons. The lowest BCUT2D eigenvalue weighted by Crippen LogP contribution is -2.61. The highest BCUT2D eigenvalue weighted by molar-refractivity contribution is 7.26. The van der Waals surface area contributed by atoms with E-state index in [1.165, 1.54) is 45.5 Å². The van der Waals surface area contributed by atoms with Crippen LogP contribution in [0.5, 0.6) is 0 Å². The predicted octanol–water partition coefficient (Wildman–Crippen LogP) is 11.6. The van der Waals surface area contributed by atoms with Crippen LogP contribution in [0.1, 0.15) is 95.0 Å². The maximum absolute atomic E-state index is 2.55. The summed E-state index contributed by atoms with van der Waals surface area (Å²) in [5.41, 5.74) is 1.71. The zero-order valence-electron chi connectivity index (χ0n) is 24.6. The highest BCUT2D eigenvalue weighted by atomic mass is 32.1. The van der Waals surface area contributed by atoms with E-state index >= 15 is 0 Å². The molecule has 212 valence electrons. The van der Waals surface area contributed by atoms with Crippen LogP contribution in [0.2, 0.25) is 0 Å². The molecule has 0 spiro atoms. The largest absolute Gasteiger partial charge is 0.134 e. The van der Waals surface area contributed by atoms with Gasteiger partial charge in [0.15, 0.2) is 0 Å². The molecule has 0 saturated heterocycles. The fourth-order valence-electron chi connectivity index (χ4n) is 13.4. The van der Waals surface area contributed by atoms with Gasteiger partial charge in [-0.2, -0.15) is 0 Å². The van der Waals surface area contributed by atoms with Gasteiger partial charge in [-0.15, -0.1) is 11.3 Å². The van der Waals surface area contributed by atoms with Gasteiger partial charge in [0.05, 0.1) is 0 Å². The van der Waals surface area contributed by atoms with E-state index in [-0.39, 0.29) is 0 Å². The van der Waals surface area contributed by atoms with Crippen LogP contribution in [-0.2, 0) is 0 Å². The van der Waals surface area contributed by atoms with E-state index in [1.54, 1.807) is 74.5 Å². The molecule has 11 atom stereocenters. The number of hydrogen-bond donors (Lipinski definition) is 0. The Balaban J connectivity index is 1.05. The topological polar surface area (TPSA) is 0 Å². The second-order valence-electron chi connectivity index (χ2n) is 15.6. The van der Waals surface area contributed by atoms with Crippen molar-refractivity contribution >= 4 is 42.3 Å². The summed E-state index contributed by atoms with van der Waals surface area (Å²) in [5, 5.41) is 5.82. The molecule has 0 amide bonds. The van der Waals surface area contributed by atoms with Crippen molar-refractivity contribution in [2.45, 2.75) is 89.4 Å².